The summed E-state index contributed by atoms with van der Waals surface area (Å²) >= 11 is 12.6. The van der Waals surface area contributed by atoms with Gasteiger partial charge in [-0.3, -0.25) is 10.4 Å². The smallest absolute Gasteiger partial charge is 0.213 e. The summed E-state index contributed by atoms with van der Waals surface area (Å²) in [6.07, 6.45) is 4.64. The van der Waals surface area contributed by atoms with E-state index in [-0.39, 0.29) is 5.71 Å². The maximum Gasteiger partial charge on any atom is 0.213 e. The summed E-state index contributed by atoms with van der Waals surface area (Å²) in [5.74, 6) is 0.319. The van der Waals surface area contributed by atoms with Crippen LogP contribution in [0.15, 0.2) is 48.8 Å². The predicted molar refractivity (Wildman–Crippen MR) is 150 cm³/mol. The van der Waals surface area contributed by atoms with Gasteiger partial charge in [-0.2, -0.15) is 0 Å². The van der Waals surface area contributed by atoms with Crippen LogP contribution in [0.3, 0.4) is 0 Å². The van der Waals surface area contributed by atoms with Gasteiger partial charge in [-0.15, -0.1) is 0 Å². The quantitative estimate of drug-likeness (QED) is 0.298. The van der Waals surface area contributed by atoms with Crippen molar-refractivity contribution in [2.75, 3.05) is 25.1 Å². The molecule has 2 aliphatic rings. The molecule has 5 rings (SSSR count). The number of fused-ring (bicyclic) bond motifs is 1. The van der Waals surface area contributed by atoms with Crippen molar-refractivity contribution in [3.8, 4) is 11.5 Å². The fourth-order valence-electron chi connectivity index (χ4n) is 4.84. The van der Waals surface area contributed by atoms with Gasteiger partial charge >= 0.3 is 0 Å². The van der Waals surface area contributed by atoms with E-state index in [4.69, 9.17) is 48.6 Å². The number of anilines is 1. The molecule has 3 aromatic rings. The Hall–Kier alpha value is -2.89. The molecular weight excluding hydrogens is 563 g/mol. The molecule has 1 fully saturated rings. The molecule has 0 saturated carbocycles. The Morgan fingerprint density at radius 1 is 1.15 bits per heavy atom. The van der Waals surface area contributed by atoms with Gasteiger partial charge in [0.15, 0.2) is 0 Å². The summed E-state index contributed by atoms with van der Waals surface area (Å²) in [6.45, 7) is 2.80. The minimum Gasteiger partial charge on any atom is -0.486 e. The number of halogens is 2. The van der Waals surface area contributed by atoms with Crippen LogP contribution in [0.4, 0.5) is 5.69 Å². The first-order valence-electron chi connectivity index (χ1n) is 12.3. The third kappa shape index (κ3) is 5.71. The molecule has 1 saturated heterocycles. The number of benzene rings is 2. The monoisotopic (exact) mass is 590 g/mol. The SMILES string of the molecule is C[C@@H](Oc1ccc(N)c(C(=N)c2ccc3c(c2)COC2(CCN(S(C)(=O)=O)CC2)O3)c1)c1c(Cl)cncc1Cl. The molecule has 12 heteroatoms. The molecule has 3 N–H and O–H groups in total. The van der Waals surface area contributed by atoms with Gasteiger partial charge in [0.25, 0.3) is 0 Å². The molecule has 0 bridgehead atoms. The number of nitrogens with one attached hydrogen (secondary N) is 1. The summed E-state index contributed by atoms with van der Waals surface area (Å²) in [5.41, 5.74) is 9.47. The second kappa shape index (κ2) is 10.6. The molecule has 0 amide bonds. The van der Waals surface area contributed by atoms with Gasteiger partial charge in [0.05, 0.1) is 28.6 Å². The van der Waals surface area contributed by atoms with Crippen molar-refractivity contribution in [1.82, 2.24) is 9.29 Å². The van der Waals surface area contributed by atoms with Crippen LogP contribution in [0.2, 0.25) is 10.0 Å². The summed E-state index contributed by atoms with van der Waals surface area (Å²) < 4.78 is 43.6. The maximum absolute atomic E-state index is 11.9. The molecule has 0 aliphatic carbocycles. The number of aromatic nitrogens is 1. The molecule has 3 heterocycles. The highest BCUT2D eigenvalue weighted by Crippen LogP contribution is 2.39. The lowest BCUT2D eigenvalue weighted by Gasteiger charge is -2.43. The predicted octanol–water partition coefficient (Wildman–Crippen LogP) is 5.19. The van der Waals surface area contributed by atoms with Gasteiger partial charge in [0.2, 0.25) is 15.8 Å². The topological polar surface area (TPSA) is 128 Å². The van der Waals surface area contributed by atoms with Crippen LogP contribution in [-0.4, -0.2) is 48.6 Å². The van der Waals surface area contributed by atoms with E-state index in [1.54, 1.807) is 24.3 Å². The van der Waals surface area contributed by atoms with E-state index in [1.165, 1.54) is 23.0 Å². The Kier molecular flexibility index (Phi) is 7.51. The van der Waals surface area contributed by atoms with Crippen molar-refractivity contribution in [1.29, 1.82) is 5.41 Å². The Bertz CT molecular complexity index is 1520. The molecule has 1 spiro atoms. The Morgan fingerprint density at radius 2 is 1.85 bits per heavy atom. The van der Waals surface area contributed by atoms with Gasteiger partial charge in [0.1, 0.15) is 17.6 Å². The number of ether oxygens (including phenoxy) is 3. The molecule has 2 aliphatic heterocycles. The summed E-state index contributed by atoms with van der Waals surface area (Å²) in [5, 5.41) is 9.69. The Morgan fingerprint density at radius 3 is 2.51 bits per heavy atom. The summed E-state index contributed by atoms with van der Waals surface area (Å²) in [7, 11) is -3.25. The fraction of sp³-hybridized carbons (Fsp3) is 0.333. The number of sulfonamides is 1. The number of hydrogen-bond acceptors (Lipinski definition) is 8. The van der Waals surface area contributed by atoms with Crippen LogP contribution < -0.4 is 15.2 Å². The first kappa shape index (κ1) is 27.7. The lowest BCUT2D eigenvalue weighted by molar-refractivity contribution is -0.223. The number of hydrogen-bond donors (Lipinski definition) is 2. The molecule has 0 radical (unpaired) electrons. The number of rotatable bonds is 6. The Balaban J connectivity index is 1.33. The lowest BCUT2D eigenvalue weighted by Crippen LogP contribution is -2.52. The second-order valence-electron chi connectivity index (χ2n) is 9.69. The molecule has 0 unspecified atom stereocenters. The van der Waals surface area contributed by atoms with E-state index in [9.17, 15) is 8.42 Å². The second-order valence-corrected chi connectivity index (χ2v) is 12.5. The third-order valence-electron chi connectivity index (χ3n) is 6.99. The summed E-state index contributed by atoms with van der Waals surface area (Å²) in [4.78, 5) is 3.98. The molecule has 1 atom stereocenters. The standard InChI is InChI=1S/C27H28Cl2N4O5S/c1-16(25-21(28)13-32-14-22(25)29)37-19-4-5-23(30)20(12-19)26(31)17-3-6-24-18(11-17)15-36-27(38-24)7-9-33(10-8-27)39(2,34)35/h3-6,11-14,16,31H,7-10,15,30H2,1-2H3/t16-/m1/s1. The van der Waals surface area contributed by atoms with E-state index in [2.05, 4.69) is 4.98 Å². The largest absolute Gasteiger partial charge is 0.486 e. The highest BCUT2D eigenvalue weighted by Gasteiger charge is 2.42. The van der Waals surface area contributed by atoms with Crippen molar-refractivity contribution in [3.63, 3.8) is 0 Å². The van der Waals surface area contributed by atoms with Gasteiger partial charge < -0.3 is 19.9 Å². The van der Waals surface area contributed by atoms with E-state index >= 15 is 0 Å². The van der Waals surface area contributed by atoms with Crippen molar-refractivity contribution in [3.05, 3.63) is 81.1 Å². The third-order valence-corrected chi connectivity index (χ3v) is 8.90. The Labute approximate surface area is 237 Å². The number of nitrogens with two attached hydrogens (primary N) is 1. The molecular formula is C27H28Cl2N4O5S. The number of piperidine rings is 1. The molecule has 206 valence electrons. The highest BCUT2D eigenvalue weighted by molar-refractivity contribution is 7.88. The van der Waals surface area contributed by atoms with E-state index in [0.717, 1.165) is 5.56 Å². The zero-order valence-electron chi connectivity index (χ0n) is 21.4. The van der Waals surface area contributed by atoms with Gasteiger partial charge in [0, 0.05) is 66.3 Å². The van der Waals surface area contributed by atoms with Gasteiger partial charge in [-0.05, 0) is 43.3 Å². The molecule has 1 aromatic heterocycles. The highest BCUT2D eigenvalue weighted by atomic mass is 35.5. The lowest BCUT2D eigenvalue weighted by atomic mass is 9.97. The van der Waals surface area contributed by atoms with Gasteiger partial charge in [-0.1, -0.05) is 23.2 Å². The van der Waals surface area contributed by atoms with E-state index < -0.39 is 21.9 Å². The number of nitrogens with zero attached hydrogens (tertiary/aromatic N) is 2. The minimum atomic E-state index is -3.25. The molecule has 39 heavy (non-hydrogen) atoms. The molecule has 2 aromatic carbocycles. The first-order chi connectivity index (χ1) is 18.5. The van der Waals surface area contributed by atoms with Crippen molar-refractivity contribution < 1.29 is 22.6 Å². The van der Waals surface area contributed by atoms with Crippen LogP contribution in [0.25, 0.3) is 0 Å². The number of nitrogen functional groups attached to an aromatic ring is 1. The average Bonchev–Trinajstić information content (AvgIpc) is 2.89. The maximum atomic E-state index is 11.9. The van der Waals surface area contributed by atoms with Crippen LogP contribution in [0, 0.1) is 5.41 Å². The van der Waals surface area contributed by atoms with Crippen LogP contribution >= 0.6 is 23.2 Å². The fourth-order valence-corrected chi connectivity index (χ4v) is 6.36. The summed E-state index contributed by atoms with van der Waals surface area (Å²) in [6, 6.07) is 10.6. The van der Waals surface area contributed by atoms with Crippen molar-refractivity contribution in [2.24, 2.45) is 0 Å². The van der Waals surface area contributed by atoms with Gasteiger partial charge in [-0.25, -0.2) is 12.7 Å². The minimum absolute atomic E-state index is 0.218. The van der Waals surface area contributed by atoms with Crippen LogP contribution in [0.5, 0.6) is 11.5 Å². The molecule has 9 nitrogen and oxygen atoms in total. The number of pyridine rings is 1. The van der Waals surface area contributed by atoms with Crippen molar-refractivity contribution >= 4 is 44.6 Å². The zero-order chi connectivity index (χ0) is 27.9. The normalized spacial score (nSPS) is 17.7. The van der Waals surface area contributed by atoms with E-state index in [0.29, 0.717) is 76.5 Å². The zero-order valence-corrected chi connectivity index (χ0v) is 23.7. The first-order valence-corrected chi connectivity index (χ1v) is 14.9. The van der Waals surface area contributed by atoms with Crippen LogP contribution in [0.1, 0.15) is 48.1 Å². The van der Waals surface area contributed by atoms with E-state index in [1.807, 2.05) is 19.1 Å². The average molecular weight is 592 g/mol. The van der Waals surface area contributed by atoms with Crippen LogP contribution in [-0.2, 0) is 21.4 Å². The van der Waals surface area contributed by atoms with Crippen molar-refractivity contribution in [2.45, 2.75) is 38.3 Å².